The SMILES string of the molecule is Cc1ccc2cc1OCC(=O)NCc1ccc(cc1)O[C@H]1CCN(Cc3cccnc3)C[C@@H]1NC2=O. The van der Waals surface area contributed by atoms with E-state index < -0.39 is 0 Å². The van der Waals surface area contributed by atoms with Crippen molar-refractivity contribution in [1.82, 2.24) is 20.5 Å². The van der Waals surface area contributed by atoms with Crippen LogP contribution < -0.4 is 20.1 Å². The maximum Gasteiger partial charge on any atom is 0.258 e. The van der Waals surface area contributed by atoms with Gasteiger partial charge in [0.25, 0.3) is 11.8 Å². The van der Waals surface area contributed by atoms with Gasteiger partial charge in [0.2, 0.25) is 0 Å². The minimum Gasteiger partial charge on any atom is -0.488 e. The van der Waals surface area contributed by atoms with Crippen LogP contribution in [-0.4, -0.2) is 53.5 Å². The second-order valence-corrected chi connectivity index (χ2v) is 9.31. The van der Waals surface area contributed by atoms with Gasteiger partial charge in [0.05, 0.1) is 6.04 Å². The summed E-state index contributed by atoms with van der Waals surface area (Å²) in [6.07, 6.45) is 4.23. The number of likely N-dealkylation sites (tertiary alicyclic amines) is 1. The van der Waals surface area contributed by atoms with Gasteiger partial charge in [-0.3, -0.25) is 19.5 Å². The van der Waals surface area contributed by atoms with E-state index in [0.29, 0.717) is 24.4 Å². The molecule has 3 aliphatic rings. The third kappa shape index (κ3) is 5.83. The molecule has 1 saturated heterocycles. The number of hydrogen-bond acceptors (Lipinski definition) is 6. The average molecular weight is 487 g/mol. The highest BCUT2D eigenvalue weighted by atomic mass is 16.5. The second-order valence-electron chi connectivity index (χ2n) is 9.31. The number of carbonyl (C=O) groups is 2. The Morgan fingerprint density at radius 2 is 1.97 bits per heavy atom. The molecular weight excluding hydrogens is 456 g/mol. The van der Waals surface area contributed by atoms with E-state index >= 15 is 0 Å². The number of nitrogens with zero attached hydrogens (tertiary/aromatic N) is 2. The van der Waals surface area contributed by atoms with Crippen LogP contribution in [0.5, 0.6) is 11.5 Å². The lowest BCUT2D eigenvalue weighted by Gasteiger charge is -2.39. The highest BCUT2D eigenvalue weighted by molar-refractivity contribution is 5.95. The fourth-order valence-corrected chi connectivity index (χ4v) is 4.58. The smallest absolute Gasteiger partial charge is 0.258 e. The number of fused-ring (bicyclic) bond motifs is 7. The number of nitrogens with one attached hydrogen (secondary N) is 2. The molecular formula is C28H30N4O4. The summed E-state index contributed by atoms with van der Waals surface area (Å²) in [5, 5.41) is 6.07. The monoisotopic (exact) mass is 486 g/mol. The van der Waals surface area contributed by atoms with Crippen molar-refractivity contribution in [3.63, 3.8) is 0 Å². The van der Waals surface area contributed by atoms with E-state index in [1.807, 2.05) is 49.5 Å². The molecule has 4 bridgehead atoms. The van der Waals surface area contributed by atoms with Crippen molar-refractivity contribution in [1.29, 1.82) is 0 Å². The van der Waals surface area contributed by atoms with Crippen LogP contribution in [0.2, 0.25) is 0 Å². The molecule has 0 radical (unpaired) electrons. The largest absolute Gasteiger partial charge is 0.488 e. The van der Waals surface area contributed by atoms with Gasteiger partial charge >= 0.3 is 0 Å². The first-order valence-corrected chi connectivity index (χ1v) is 12.2. The van der Waals surface area contributed by atoms with Crippen molar-refractivity contribution in [2.45, 2.75) is 38.6 Å². The van der Waals surface area contributed by atoms with Crippen molar-refractivity contribution in [3.05, 3.63) is 89.2 Å². The summed E-state index contributed by atoms with van der Waals surface area (Å²) < 4.78 is 12.1. The molecule has 2 aromatic carbocycles. The molecule has 4 heterocycles. The molecule has 8 nitrogen and oxygen atoms in total. The quantitative estimate of drug-likeness (QED) is 0.579. The Labute approximate surface area is 210 Å². The van der Waals surface area contributed by atoms with Gasteiger partial charge in [-0.1, -0.05) is 24.3 Å². The standard InChI is InChI=1S/C28H30N4O4/c1-19-4-7-22-13-26(19)35-18-27(33)30-15-20-5-8-23(9-6-20)36-25-10-12-32(17-24(25)31-28(22)34)16-21-3-2-11-29-14-21/h2-9,11,13-14,24-25H,10,12,15-18H2,1H3,(H,30,33)(H,31,34)/t24-,25-/m0/s1. The number of ether oxygens (including phenoxy) is 2. The number of rotatable bonds is 2. The van der Waals surface area contributed by atoms with Gasteiger partial charge in [-0.2, -0.15) is 0 Å². The fourth-order valence-electron chi connectivity index (χ4n) is 4.58. The van der Waals surface area contributed by atoms with Crippen LogP contribution in [0.15, 0.2) is 67.0 Å². The van der Waals surface area contributed by atoms with E-state index in [1.54, 1.807) is 18.3 Å². The third-order valence-corrected chi connectivity index (χ3v) is 6.59. The Morgan fingerprint density at radius 3 is 2.78 bits per heavy atom. The number of benzene rings is 2. The number of amides is 2. The zero-order valence-corrected chi connectivity index (χ0v) is 20.3. The van der Waals surface area contributed by atoms with Gasteiger partial charge in [0.15, 0.2) is 6.61 Å². The normalized spacial score (nSPS) is 20.8. The van der Waals surface area contributed by atoms with Crippen molar-refractivity contribution in [2.75, 3.05) is 19.7 Å². The molecule has 2 N–H and O–H groups in total. The van der Waals surface area contributed by atoms with Crippen LogP contribution in [-0.2, 0) is 17.9 Å². The summed E-state index contributed by atoms with van der Waals surface area (Å²) in [7, 11) is 0. The average Bonchev–Trinajstić information content (AvgIpc) is 2.89. The molecule has 6 rings (SSSR count). The van der Waals surface area contributed by atoms with Crippen LogP contribution >= 0.6 is 0 Å². The first-order chi connectivity index (χ1) is 17.5. The zero-order chi connectivity index (χ0) is 24.9. The van der Waals surface area contributed by atoms with Gasteiger partial charge in [0, 0.05) is 44.1 Å². The second kappa shape index (κ2) is 10.8. The predicted molar refractivity (Wildman–Crippen MR) is 135 cm³/mol. The third-order valence-electron chi connectivity index (χ3n) is 6.59. The minimum atomic E-state index is -0.228. The van der Waals surface area contributed by atoms with Gasteiger partial charge in [-0.05, 0) is 60.4 Å². The number of carbonyl (C=O) groups excluding carboxylic acids is 2. The van der Waals surface area contributed by atoms with Gasteiger partial charge < -0.3 is 20.1 Å². The maximum atomic E-state index is 13.3. The highest BCUT2D eigenvalue weighted by Gasteiger charge is 2.32. The van der Waals surface area contributed by atoms with Crippen molar-refractivity contribution in [3.8, 4) is 11.5 Å². The Hall–Kier alpha value is -3.91. The van der Waals surface area contributed by atoms with Gasteiger partial charge in [0.1, 0.15) is 17.6 Å². The number of pyridine rings is 1. The number of aromatic nitrogens is 1. The van der Waals surface area contributed by atoms with Crippen LogP contribution in [0.1, 0.15) is 33.5 Å². The Bertz CT molecular complexity index is 1220. The molecule has 3 aliphatic heterocycles. The minimum absolute atomic E-state index is 0.124. The molecule has 3 aromatic rings. The Morgan fingerprint density at radius 1 is 1.11 bits per heavy atom. The maximum absolute atomic E-state index is 13.3. The highest BCUT2D eigenvalue weighted by Crippen LogP contribution is 2.23. The van der Waals surface area contributed by atoms with Gasteiger partial charge in [-0.15, -0.1) is 0 Å². The first kappa shape index (κ1) is 23.8. The molecule has 0 spiro atoms. The molecule has 0 saturated carbocycles. The van der Waals surface area contributed by atoms with Crippen LogP contribution in [0.25, 0.3) is 0 Å². The summed E-state index contributed by atoms with van der Waals surface area (Å²) >= 11 is 0. The van der Waals surface area contributed by atoms with Crippen LogP contribution in [0.4, 0.5) is 0 Å². The molecule has 8 heteroatoms. The van der Waals surface area contributed by atoms with E-state index in [2.05, 4.69) is 26.6 Å². The Balaban J connectivity index is 1.41. The summed E-state index contributed by atoms with van der Waals surface area (Å²) in [6.45, 7) is 4.42. The summed E-state index contributed by atoms with van der Waals surface area (Å²) in [4.78, 5) is 32.1. The van der Waals surface area contributed by atoms with Crippen LogP contribution in [0.3, 0.4) is 0 Å². The number of piperidine rings is 1. The lowest BCUT2D eigenvalue weighted by Crippen LogP contribution is -2.56. The van der Waals surface area contributed by atoms with Gasteiger partial charge in [-0.25, -0.2) is 0 Å². The number of aryl methyl sites for hydroxylation is 1. The lowest BCUT2D eigenvalue weighted by atomic mass is 10.00. The molecule has 0 aliphatic carbocycles. The van der Waals surface area contributed by atoms with Crippen LogP contribution in [0, 0.1) is 6.92 Å². The van der Waals surface area contributed by atoms with E-state index in [0.717, 1.165) is 42.0 Å². The molecule has 186 valence electrons. The summed E-state index contributed by atoms with van der Waals surface area (Å²) in [5.74, 6) is 0.820. The van der Waals surface area contributed by atoms with E-state index in [9.17, 15) is 9.59 Å². The topological polar surface area (TPSA) is 92.8 Å². The van der Waals surface area contributed by atoms with Crippen molar-refractivity contribution in [2.24, 2.45) is 0 Å². The lowest BCUT2D eigenvalue weighted by molar-refractivity contribution is -0.123. The summed E-state index contributed by atoms with van der Waals surface area (Å²) in [5.41, 5.74) is 3.43. The summed E-state index contributed by atoms with van der Waals surface area (Å²) in [6, 6.07) is 16.8. The van der Waals surface area contributed by atoms with Crippen molar-refractivity contribution < 1.29 is 19.1 Å². The molecule has 0 unspecified atom stereocenters. The number of hydrogen-bond donors (Lipinski definition) is 2. The van der Waals surface area contributed by atoms with E-state index in [-0.39, 0.29) is 30.6 Å². The van der Waals surface area contributed by atoms with E-state index in [1.165, 1.54) is 0 Å². The zero-order valence-electron chi connectivity index (χ0n) is 20.3. The molecule has 2 atom stereocenters. The van der Waals surface area contributed by atoms with Crippen molar-refractivity contribution >= 4 is 11.8 Å². The molecule has 2 amide bonds. The fraction of sp³-hybridized carbons (Fsp3) is 0.321. The predicted octanol–water partition coefficient (Wildman–Crippen LogP) is 2.85. The Kier molecular flexibility index (Phi) is 7.13. The first-order valence-electron chi connectivity index (χ1n) is 12.2. The van der Waals surface area contributed by atoms with E-state index in [4.69, 9.17) is 9.47 Å². The molecule has 36 heavy (non-hydrogen) atoms. The molecule has 1 aromatic heterocycles. The molecule has 1 fully saturated rings.